The SMILES string of the molecule is CC(C)CC(CN(C)C)NC(=O)C(C)C(C)N. The van der Waals surface area contributed by atoms with E-state index in [-0.39, 0.29) is 23.9 Å². The summed E-state index contributed by atoms with van der Waals surface area (Å²) < 4.78 is 0. The van der Waals surface area contributed by atoms with E-state index in [1.807, 2.05) is 27.9 Å². The highest BCUT2D eigenvalue weighted by atomic mass is 16.2. The molecule has 3 atom stereocenters. The number of hydrogen-bond donors (Lipinski definition) is 2. The minimum absolute atomic E-state index is 0.0625. The second-order valence-corrected chi connectivity index (χ2v) is 5.75. The minimum Gasteiger partial charge on any atom is -0.352 e. The van der Waals surface area contributed by atoms with Crippen molar-refractivity contribution in [1.82, 2.24) is 10.2 Å². The molecule has 1 amide bonds. The lowest BCUT2D eigenvalue weighted by Crippen LogP contribution is -2.47. The molecule has 4 heteroatoms. The fourth-order valence-electron chi connectivity index (χ4n) is 1.76. The van der Waals surface area contributed by atoms with Gasteiger partial charge in [0, 0.05) is 24.5 Å². The second-order valence-electron chi connectivity index (χ2n) is 5.75. The maximum Gasteiger partial charge on any atom is 0.224 e. The largest absolute Gasteiger partial charge is 0.352 e. The summed E-state index contributed by atoms with van der Waals surface area (Å²) in [7, 11) is 4.04. The van der Waals surface area contributed by atoms with Crippen LogP contribution in [0.2, 0.25) is 0 Å². The van der Waals surface area contributed by atoms with Gasteiger partial charge in [-0.25, -0.2) is 0 Å². The van der Waals surface area contributed by atoms with Gasteiger partial charge >= 0.3 is 0 Å². The molecular weight excluding hydrogens is 214 g/mol. The molecule has 0 aromatic carbocycles. The molecule has 3 unspecified atom stereocenters. The zero-order valence-electron chi connectivity index (χ0n) is 12.2. The average molecular weight is 243 g/mol. The Bertz CT molecular complexity index is 217. The predicted octanol–water partition coefficient (Wildman–Crippen LogP) is 1.06. The zero-order valence-corrected chi connectivity index (χ0v) is 12.2. The fourth-order valence-corrected chi connectivity index (χ4v) is 1.76. The van der Waals surface area contributed by atoms with Gasteiger partial charge in [0.25, 0.3) is 0 Å². The molecule has 0 rings (SSSR count). The fraction of sp³-hybridized carbons (Fsp3) is 0.923. The number of carbonyl (C=O) groups excluding carboxylic acids is 1. The molecule has 0 heterocycles. The number of likely N-dealkylation sites (N-methyl/N-ethyl adjacent to an activating group) is 1. The third kappa shape index (κ3) is 7.34. The molecule has 0 saturated heterocycles. The Morgan fingerprint density at radius 3 is 2.12 bits per heavy atom. The quantitative estimate of drug-likeness (QED) is 0.703. The summed E-state index contributed by atoms with van der Waals surface area (Å²) in [5, 5.41) is 3.10. The molecule has 0 aromatic heterocycles. The van der Waals surface area contributed by atoms with E-state index in [0.29, 0.717) is 5.92 Å². The van der Waals surface area contributed by atoms with Gasteiger partial charge in [0.05, 0.1) is 0 Å². The van der Waals surface area contributed by atoms with Crippen molar-refractivity contribution < 1.29 is 4.79 Å². The van der Waals surface area contributed by atoms with Crippen LogP contribution in [-0.2, 0) is 4.79 Å². The van der Waals surface area contributed by atoms with E-state index in [1.54, 1.807) is 0 Å². The molecule has 102 valence electrons. The third-order valence-corrected chi connectivity index (χ3v) is 2.89. The number of nitrogens with two attached hydrogens (primary N) is 1. The first-order chi connectivity index (χ1) is 7.73. The Morgan fingerprint density at radius 2 is 1.76 bits per heavy atom. The van der Waals surface area contributed by atoms with Gasteiger partial charge in [0.1, 0.15) is 0 Å². The number of carbonyl (C=O) groups is 1. The monoisotopic (exact) mass is 243 g/mol. The summed E-state index contributed by atoms with van der Waals surface area (Å²) in [5.41, 5.74) is 5.74. The van der Waals surface area contributed by atoms with E-state index < -0.39 is 0 Å². The van der Waals surface area contributed by atoms with Crippen LogP contribution in [0, 0.1) is 11.8 Å². The summed E-state index contributed by atoms with van der Waals surface area (Å²) in [4.78, 5) is 14.0. The van der Waals surface area contributed by atoms with E-state index in [1.165, 1.54) is 0 Å². The highest BCUT2D eigenvalue weighted by Gasteiger charge is 2.21. The van der Waals surface area contributed by atoms with Crippen molar-refractivity contribution in [2.24, 2.45) is 17.6 Å². The first-order valence-electron chi connectivity index (χ1n) is 6.44. The normalized spacial score (nSPS) is 17.0. The van der Waals surface area contributed by atoms with Gasteiger partial charge in [0.15, 0.2) is 0 Å². The van der Waals surface area contributed by atoms with E-state index in [4.69, 9.17) is 5.73 Å². The Labute approximate surface area is 106 Å². The molecule has 0 saturated carbocycles. The van der Waals surface area contributed by atoms with Crippen LogP contribution in [0.4, 0.5) is 0 Å². The first kappa shape index (κ1) is 16.4. The molecule has 0 aliphatic rings. The molecule has 4 nitrogen and oxygen atoms in total. The molecule has 0 aliphatic heterocycles. The maximum atomic E-state index is 11.9. The number of rotatable bonds is 7. The zero-order chi connectivity index (χ0) is 13.6. The van der Waals surface area contributed by atoms with Crippen molar-refractivity contribution in [3.8, 4) is 0 Å². The van der Waals surface area contributed by atoms with Crippen molar-refractivity contribution in [3.63, 3.8) is 0 Å². The molecule has 0 spiro atoms. The highest BCUT2D eigenvalue weighted by Crippen LogP contribution is 2.08. The molecule has 3 N–H and O–H groups in total. The summed E-state index contributed by atoms with van der Waals surface area (Å²) >= 11 is 0. The lowest BCUT2D eigenvalue weighted by molar-refractivity contribution is -0.125. The predicted molar refractivity (Wildman–Crippen MR) is 72.8 cm³/mol. The summed E-state index contributed by atoms with van der Waals surface area (Å²) in [5.74, 6) is 0.505. The van der Waals surface area contributed by atoms with Crippen LogP contribution in [0.1, 0.15) is 34.1 Å². The van der Waals surface area contributed by atoms with E-state index in [2.05, 4.69) is 24.1 Å². The van der Waals surface area contributed by atoms with Gasteiger partial charge in [-0.1, -0.05) is 20.8 Å². The molecule has 0 fully saturated rings. The molecule has 0 aromatic rings. The van der Waals surface area contributed by atoms with Crippen molar-refractivity contribution >= 4 is 5.91 Å². The van der Waals surface area contributed by atoms with Crippen LogP contribution >= 0.6 is 0 Å². The lowest BCUT2D eigenvalue weighted by atomic mass is 10.00. The third-order valence-electron chi connectivity index (χ3n) is 2.89. The van der Waals surface area contributed by atoms with Crippen molar-refractivity contribution in [3.05, 3.63) is 0 Å². The molecule has 0 bridgehead atoms. The van der Waals surface area contributed by atoms with Crippen LogP contribution in [0.25, 0.3) is 0 Å². The molecular formula is C13H29N3O. The van der Waals surface area contributed by atoms with Gasteiger partial charge < -0.3 is 16.0 Å². The summed E-state index contributed by atoms with van der Waals surface area (Å²) in [6, 6.07) is 0.104. The number of nitrogens with zero attached hydrogens (tertiary/aromatic N) is 1. The van der Waals surface area contributed by atoms with E-state index in [0.717, 1.165) is 13.0 Å². The van der Waals surface area contributed by atoms with Gasteiger partial charge in [-0.15, -0.1) is 0 Å². The summed E-state index contributed by atoms with van der Waals surface area (Å²) in [6.45, 7) is 8.96. The smallest absolute Gasteiger partial charge is 0.224 e. The van der Waals surface area contributed by atoms with Crippen LogP contribution < -0.4 is 11.1 Å². The number of amides is 1. The topological polar surface area (TPSA) is 58.4 Å². The standard InChI is InChI=1S/C13H29N3O/c1-9(2)7-12(8-16(5)6)15-13(17)10(3)11(4)14/h9-12H,7-8,14H2,1-6H3,(H,15,17). The molecule has 17 heavy (non-hydrogen) atoms. The Morgan fingerprint density at radius 1 is 1.24 bits per heavy atom. The van der Waals surface area contributed by atoms with Gasteiger partial charge in [0.2, 0.25) is 5.91 Å². The Balaban J connectivity index is 4.36. The van der Waals surface area contributed by atoms with Crippen LogP contribution in [0.15, 0.2) is 0 Å². The first-order valence-corrected chi connectivity index (χ1v) is 6.44. The van der Waals surface area contributed by atoms with Crippen molar-refractivity contribution in [1.29, 1.82) is 0 Å². The van der Waals surface area contributed by atoms with Gasteiger partial charge in [-0.05, 0) is 33.4 Å². The molecule has 0 radical (unpaired) electrons. The lowest BCUT2D eigenvalue weighted by Gasteiger charge is -2.26. The van der Waals surface area contributed by atoms with Crippen LogP contribution in [0.5, 0.6) is 0 Å². The minimum atomic E-state index is -0.133. The molecule has 0 aliphatic carbocycles. The number of hydrogen-bond acceptors (Lipinski definition) is 3. The Kier molecular flexibility index (Phi) is 7.39. The van der Waals surface area contributed by atoms with Crippen molar-refractivity contribution in [2.45, 2.75) is 46.2 Å². The van der Waals surface area contributed by atoms with E-state index >= 15 is 0 Å². The highest BCUT2D eigenvalue weighted by molar-refractivity contribution is 5.79. The maximum absolute atomic E-state index is 11.9. The van der Waals surface area contributed by atoms with Gasteiger partial charge in [-0.3, -0.25) is 4.79 Å². The number of nitrogens with one attached hydrogen (secondary N) is 1. The van der Waals surface area contributed by atoms with Gasteiger partial charge in [-0.2, -0.15) is 0 Å². The van der Waals surface area contributed by atoms with Crippen LogP contribution in [-0.4, -0.2) is 43.5 Å². The average Bonchev–Trinajstić information content (AvgIpc) is 2.13. The van der Waals surface area contributed by atoms with Crippen molar-refractivity contribution in [2.75, 3.05) is 20.6 Å². The second kappa shape index (κ2) is 7.67. The Hall–Kier alpha value is -0.610. The van der Waals surface area contributed by atoms with E-state index in [9.17, 15) is 4.79 Å². The van der Waals surface area contributed by atoms with Crippen LogP contribution in [0.3, 0.4) is 0 Å². The summed E-state index contributed by atoms with van der Waals surface area (Å²) in [6.07, 6.45) is 0.996.